The van der Waals surface area contributed by atoms with Gasteiger partial charge in [-0.1, -0.05) is 6.92 Å². The van der Waals surface area contributed by atoms with Crippen molar-refractivity contribution in [3.63, 3.8) is 0 Å². The molecule has 0 bridgehead atoms. The van der Waals surface area contributed by atoms with Crippen molar-refractivity contribution >= 4 is 15.6 Å². The quantitative estimate of drug-likeness (QED) is 0.141. The second kappa shape index (κ2) is 11.2. The second-order valence-electron chi connectivity index (χ2n) is 8.55. The number of phosphoric acid groups is 2. The third-order valence-electron chi connectivity index (χ3n) is 6.06. The molecule has 4 unspecified atom stereocenters. The van der Waals surface area contributed by atoms with Crippen LogP contribution in [0.5, 0.6) is 0 Å². The lowest BCUT2D eigenvalue weighted by Gasteiger charge is -2.40. The highest BCUT2D eigenvalue weighted by Crippen LogP contribution is 2.62. The lowest BCUT2D eigenvalue weighted by Crippen LogP contribution is -2.55. The Kier molecular flexibility index (Phi) is 9.11. The Balaban J connectivity index is 1.61. The molecule has 8 N–H and O–H groups in total. The number of aromatic amines is 1. The molecule has 1 saturated heterocycles. The van der Waals surface area contributed by atoms with Crippen LogP contribution in [0.15, 0.2) is 21.9 Å². The Bertz CT molecular complexity index is 1120. The number of H-pyrrole nitrogens is 1. The number of aromatic nitrogens is 2. The van der Waals surface area contributed by atoms with Gasteiger partial charge in [0.2, 0.25) is 0 Å². The number of nitrogens with zero attached hydrogens (tertiary/aromatic N) is 1. The number of aliphatic hydroxyl groups is 5. The van der Waals surface area contributed by atoms with Gasteiger partial charge >= 0.3 is 21.3 Å². The highest BCUT2D eigenvalue weighted by Gasteiger charge is 2.48. The summed E-state index contributed by atoms with van der Waals surface area (Å²) < 4.78 is 44.2. The molecule has 0 radical (unpaired) electrons. The van der Waals surface area contributed by atoms with E-state index < -0.39 is 94.8 Å². The minimum absolute atomic E-state index is 0.141. The zero-order chi connectivity index (χ0) is 27.0. The first-order valence-electron chi connectivity index (χ1n) is 10.7. The average molecular weight is 562 g/mol. The van der Waals surface area contributed by atoms with E-state index in [1.54, 1.807) is 0 Å². The van der Waals surface area contributed by atoms with Crippen molar-refractivity contribution in [2.75, 3.05) is 13.2 Å². The van der Waals surface area contributed by atoms with Gasteiger partial charge in [-0.05, 0) is 6.42 Å². The second-order valence-corrected chi connectivity index (χ2v) is 11.5. The normalized spacial score (nSPS) is 38.4. The number of ether oxygens (including phenoxy) is 1. The predicted molar refractivity (Wildman–Crippen MR) is 115 cm³/mol. The molecule has 1 saturated carbocycles. The van der Waals surface area contributed by atoms with Crippen LogP contribution < -0.4 is 11.2 Å². The van der Waals surface area contributed by atoms with Gasteiger partial charge in [-0.2, -0.15) is 4.31 Å². The van der Waals surface area contributed by atoms with Crippen molar-refractivity contribution in [3.8, 4) is 0 Å². The molecule has 11 atom stereocenters. The topological polar surface area (TPSA) is 268 Å². The van der Waals surface area contributed by atoms with Gasteiger partial charge in [0.1, 0.15) is 18.3 Å². The summed E-state index contributed by atoms with van der Waals surface area (Å²) in [6.45, 7) is -0.253. The molecule has 2 aliphatic rings. The highest BCUT2D eigenvalue weighted by molar-refractivity contribution is 7.61. The van der Waals surface area contributed by atoms with E-state index in [1.807, 2.05) is 4.98 Å². The minimum atomic E-state index is -5.39. The summed E-state index contributed by atoms with van der Waals surface area (Å²) in [5.41, 5.74) is -1.53. The summed E-state index contributed by atoms with van der Waals surface area (Å²) in [7, 11) is -10.7. The van der Waals surface area contributed by atoms with Crippen molar-refractivity contribution in [2.45, 2.75) is 56.2 Å². The van der Waals surface area contributed by atoms with Crippen LogP contribution in [0, 0.1) is 11.8 Å². The molecule has 2 fully saturated rings. The Morgan fingerprint density at radius 1 is 1.08 bits per heavy atom. The van der Waals surface area contributed by atoms with Crippen LogP contribution in [0.1, 0.15) is 19.4 Å². The zero-order valence-corrected chi connectivity index (χ0v) is 20.5. The van der Waals surface area contributed by atoms with Crippen LogP contribution in [0.25, 0.3) is 0 Å². The fourth-order valence-electron chi connectivity index (χ4n) is 4.06. The van der Waals surface area contributed by atoms with Crippen molar-refractivity contribution in [1.29, 1.82) is 0 Å². The van der Waals surface area contributed by atoms with E-state index in [2.05, 4.69) is 8.83 Å². The SMILES string of the molecule is C[C@H]1C(OP(=O)(O)OP(=O)(O)OC[C@H]2C[C@@H](n3ccc(=O)[nH]c3=O)C(O)[C@H]2O)O[C@H](CO)[C@H](O)[C@@H]1O. The van der Waals surface area contributed by atoms with Crippen LogP contribution in [0.4, 0.5) is 0 Å². The Morgan fingerprint density at radius 3 is 2.36 bits per heavy atom. The maximum atomic E-state index is 12.3. The van der Waals surface area contributed by atoms with Gasteiger partial charge in [0, 0.05) is 24.1 Å². The molecule has 206 valence electrons. The molecule has 17 nitrogen and oxygen atoms in total. The number of aliphatic hydroxyl groups excluding tert-OH is 5. The summed E-state index contributed by atoms with van der Waals surface area (Å²) in [6, 6.07) is 0.00788. The van der Waals surface area contributed by atoms with Gasteiger partial charge in [0.05, 0.1) is 31.5 Å². The molecule has 1 aliphatic carbocycles. The third kappa shape index (κ3) is 6.57. The molecule has 0 amide bonds. The molecule has 36 heavy (non-hydrogen) atoms. The van der Waals surface area contributed by atoms with Crippen LogP contribution in [0.2, 0.25) is 0 Å². The van der Waals surface area contributed by atoms with E-state index in [-0.39, 0.29) is 6.42 Å². The van der Waals surface area contributed by atoms with E-state index >= 15 is 0 Å². The summed E-state index contributed by atoms with van der Waals surface area (Å²) in [6.07, 6.45) is -8.24. The molecule has 0 spiro atoms. The number of nitrogens with one attached hydrogen (secondary N) is 1. The molecule has 2 heterocycles. The van der Waals surface area contributed by atoms with Crippen molar-refractivity contribution in [3.05, 3.63) is 33.1 Å². The zero-order valence-electron chi connectivity index (χ0n) is 18.7. The first-order chi connectivity index (χ1) is 16.7. The van der Waals surface area contributed by atoms with Gasteiger partial charge in [0.15, 0.2) is 6.29 Å². The smallest absolute Gasteiger partial charge is 0.394 e. The van der Waals surface area contributed by atoms with Gasteiger partial charge in [-0.25, -0.2) is 13.9 Å². The minimum Gasteiger partial charge on any atom is -0.394 e. The number of hydrogen-bond donors (Lipinski definition) is 8. The van der Waals surface area contributed by atoms with Gasteiger partial charge in [-0.3, -0.25) is 23.4 Å². The molecule has 19 heteroatoms. The summed E-state index contributed by atoms with van der Waals surface area (Å²) in [5, 5.41) is 49.6. The molecule has 3 rings (SSSR count). The molecule has 1 aromatic heterocycles. The number of rotatable bonds is 9. The van der Waals surface area contributed by atoms with Crippen molar-refractivity contribution in [1.82, 2.24) is 9.55 Å². The van der Waals surface area contributed by atoms with Gasteiger partial charge in [0.25, 0.3) is 5.56 Å². The largest absolute Gasteiger partial charge is 0.483 e. The monoisotopic (exact) mass is 562 g/mol. The first-order valence-corrected chi connectivity index (χ1v) is 13.6. The fraction of sp³-hybridized carbons (Fsp3) is 0.765. The summed E-state index contributed by atoms with van der Waals surface area (Å²) in [5.74, 6) is -2.15. The number of phosphoric ester groups is 2. The van der Waals surface area contributed by atoms with Gasteiger partial charge < -0.3 is 40.1 Å². The fourth-order valence-corrected chi connectivity index (χ4v) is 6.33. The van der Waals surface area contributed by atoms with E-state index in [1.165, 1.54) is 6.92 Å². The first kappa shape index (κ1) is 29.3. The maximum Gasteiger partial charge on any atom is 0.483 e. The van der Waals surface area contributed by atoms with Gasteiger partial charge in [-0.15, -0.1) is 0 Å². The molecular weight excluding hydrogens is 534 g/mol. The van der Waals surface area contributed by atoms with E-state index in [0.29, 0.717) is 0 Å². The van der Waals surface area contributed by atoms with Crippen LogP contribution in [-0.4, -0.2) is 94.9 Å². The molecular formula is C17H28N2O15P2. The maximum absolute atomic E-state index is 12.3. The van der Waals surface area contributed by atoms with E-state index in [0.717, 1.165) is 16.8 Å². The summed E-state index contributed by atoms with van der Waals surface area (Å²) in [4.78, 5) is 45.0. The van der Waals surface area contributed by atoms with Crippen molar-refractivity contribution in [2.24, 2.45) is 11.8 Å². The molecule has 0 aromatic carbocycles. The standard InChI is InChI=1S/C17H28N2O15P2/c1-7-12(22)15(25)10(5-20)32-16(7)33-36(29,30)34-35(27,28)31-6-8-4-9(14(24)13(8)23)19-3-2-11(21)18-17(19)26/h2-3,7-10,12-16,20,22-25H,4-6H2,1H3,(H,27,28)(H,29,30)(H,18,21,26)/t7-,8-,9-,10-,12-,13+,14?,15+,16?/m1/s1. The average Bonchev–Trinajstić information content (AvgIpc) is 3.06. The van der Waals surface area contributed by atoms with E-state index in [4.69, 9.17) is 9.26 Å². The van der Waals surface area contributed by atoms with Crippen molar-refractivity contribution < 1.29 is 62.5 Å². The Morgan fingerprint density at radius 2 is 1.75 bits per heavy atom. The predicted octanol–water partition coefficient (Wildman–Crippen LogP) is -2.85. The summed E-state index contributed by atoms with van der Waals surface area (Å²) >= 11 is 0. The lowest BCUT2D eigenvalue weighted by atomic mass is 9.93. The molecule has 1 aliphatic heterocycles. The van der Waals surface area contributed by atoms with Crippen LogP contribution >= 0.6 is 15.6 Å². The van der Waals surface area contributed by atoms with Crippen LogP contribution in [0.3, 0.4) is 0 Å². The van der Waals surface area contributed by atoms with E-state index in [9.17, 15) is 54.0 Å². The third-order valence-corrected chi connectivity index (χ3v) is 8.66. The lowest BCUT2D eigenvalue weighted by molar-refractivity contribution is -0.259. The Hall–Kier alpha value is -1.30. The molecule has 1 aromatic rings. The number of hydrogen-bond acceptors (Lipinski definition) is 13. The van der Waals surface area contributed by atoms with Crippen LogP contribution in [-0.2, 0) is 27.2 Å². The highest BCUT2D eigenvalue weighted by atomic mass is 31.3. The Labute approximate surface area is 202 Å².